The molecule has 0 atom stereocenters. The molecule has 90 valence electrons. The van der Waals surface area contributed by atoms with Crippen LogP contribution in [0.25, 0.3) is 0 Å². The number of aliphatic carboxylic acids is 1. The SMILES string of the molecule is CCSCc1nc(C(C)C)c(CC(=O)O)s1. The number of hydrogen-bond acceptors (Lipinski definition) is 4. The van der Waals surface area contributed by atoms with Crippen LogP contribution in [-0.2, 0) is 17.0 Å². The first-order chi connectivity index (χ1) is 7.54. The number of thioether (sulfide) groups is 1. The summed E-state index contributed by atoms with van der Waals surface area (Å²) >= 11 is 3.36. The van der Waals surface area contributed by atoms with E-state index in [9.17, 15) is 4.79 Å². The Hall–Kier alpha value is -0.550. The second-order valence-corrected chi connectivity index (χ2v) is 6.22. The van der Waals surface area contributed by atoms with Crippen molar-refractivity contribution in [2.45, 2.75) is 38.9 Å². The van der Waals surface area contributed by atoms with Crippen molar-refractivity contribution in [2.75, 3.05) is 5.75 Å². The van der Waals surface area contributed by atoms with E-state index in [-0.39, 0.29) is 6.42 Å². The van der Waals surface area contributed by atoms with Gasteiger partial charge in [0.05, 0.1) is 12.1 Å². The van der Waals surface area contributed by atoms with Gasteiger partial charge in [-0.05, 0) is 11.7 Å². The second-order valence-electron chi connectivity index (χ2n) is 3.78. The average molecular weight is 259 g/mol. The van der Waals surface area contributed by atoms with E-state index in [1.165, 1.54) is 0 Å². The Kier molecular flexibility index (Phi) is 5.28. The number of nitrogens with zero attached hydrogens (tertiary/aromatic N) is 1. The quantitative estimate of drug-likeness (QED) is 0.852. The van der Waals surface area contributed by atoms with E-state index in [0.29, 0.717) is 5.92 Å². The molecular weight excluding hydrogens is 242 g/mol. The number of carboxylic acid groups (broad SMARTS) is 1. The third-order valence-electron chi connectivity index (χ3n) is 2.06. The van der Waals surface area contributed by atoms with Crippen molar-refractivity contribution in [3.05, 3.63) is 15.6 Å². The van der Waals surface area contributed by atoms with Crippen molar-refractivity contribution in [1.29, 1.82) is 0 Å². The molecule has 0 fully saturated rings. The molecule has 0 unspecified atom stereocenters. The summed E-state index contributed by atoms with van der Waals surface area (Å²) in [6.45, 7) is 6.22. The normalized spacial score (nSPS) is 11.0. The fraction of sp³-hybridized carbons (Fsp3) is 0.636. The van der Waals surface area contributed by atoms with Gasteiger partial charge in [-0.2, -0.15) is 11.8 Å². The van der Waals surface area contributed by atoms with Gasteiger partial charge in [0.15, 0.2) is 0 Å². The van der Waals surface area contributed by atoms with E-state index in [1.54, 1.807) is 11.3 Å². The van der Waals surface area contributed by atoms with Gasteiger partial charge >= 0.3 is 5.97 Å². The molecule has 0 aliphatic carbocycles. The lowest BCUT2D eigenvalue weighted by Crippen LogP contribution is -2.02. The molecule has 5 heteroatoms. The highest BCUT2D eigenvalue weighted by Gasteiger charge is 2.16. The molecule has 1 N–H and O–H groups in total. The predicted octanol–water partition coefficient (Wildman–Crippen LogP) is 3.15. The summed E-state index contributed by atoms with van der Waals surface area (Å²) in [7, 11) is 0. The van der Waals surface area contributed by atoms with E-state index >= 15 is 0 Å². The standard InChI is InChI=1S/C11H17NO2S2/c1-4-15-6-9-12-11(7(2)3)8(16-9)5-10(13)14/h7H,4-6H2,1-3H3,(H,13,14). The van der Waals surface area contributed by atoms with Crippen LogP contribution in [0.15, 0.2) is 0 Å². The fourth-order valence-corrected chi connectivity index (χ4v) is 3.32. The van der Waals surface area contributed by atoms with Crippen molar-refractivity contribution >= 4 is 29.1 Å². The minimum absolute atomic E-state index is 0.0992. The van der Waals surface area contributed by atoms with Crippen LogP contribution < -0.4 is 0 Å². The van der Waals surface area contributed by atoms with Gasteiger partial charge < -0.3 is 5.11 Å². The Morgan fingerprint density at radius 2 is 2.25 bits per heavy atom. The smallest absolute Gasteiger partial charge is 0.308 e. The van der Waals surface area contributed by atoms with Crippen LogP contribution in [0.2, 0.25) is 0 Å². The Bertz CT molecular complexity index is 361. The lowest BCUT2D eigenvalue weighted by atomic mass is 10.1. The van der Waals surface area contributed by atoms with E-state index in [4.69, 9.17) is 5.11 Å². The van der Waals surface area contributed by atoms with Crippen LogP contribution in [0, 0.1) is 0 Å². The zero-order valence-electron chi connectivity index (χ0n) is 9.82. The maximum absolute atomic E-state index is 10.7. The summed E-state index contributed by atoms with van der Waals surface area (Å²) in [6, 6.07) is 0. The summed E-state index contributed by atoms with van der Waals surface area (Å²) in [5.74, 6) is 1.47. The van der Waals surface area contributed by atoms with E-state index in [2.05, 4.69) is 25.8 Å². The minimum atomic E-state index is -0.778. The van der Waals surface area contributed by atoms with Gasteiger partial charge in [-0.1, -0.05) is 20.8 Å². The number of hydrogen-bond donors (Lipinski definition) is 1. The van der Waals surface area contributed by atoms with Gasteiger partial charge in [-0.3, -0.25) is 4.79 Å². The monoisotopic (exact) mass is 259 g/mol. The average Bonchev–Trinajstić information content (AvgIpc) is 2.57. The van der Waals surface area contributed by atoms with Crippen LogP contribution >= 0.6 is 23.1 Å². The third-order valence-corrected chi connectivity index (χ3v) is 4.20. The molecule has 1 aromatic rings. The molecule has 0 saturated heterocycles. The summed E-state index contributed by atoms with van der Waals surface area (Å²) in [5.41, 5.74) is 0.958. The van der Waals surface area contributed by atoms with Crippen molar-refractivity contribution in [3.63, 3.8) is 0 Å². The fourth-order valence-electron chi connectivity index (χ4n) is 1.38. The zero-order chi connectivity index (χ0) is 12.1. The zero-order valence-corrected chi connectivity index (χ0v) is 11.5. The number of thiazole rings is 1. The second kappa shape index (κ2) is 6.25. The molecule has 0 aliphatic rings. The third kappa shape index (κ3) is 3.79. The molecule has 0 bridgehead atoms. The van der Waals surface area contributed by atoms with Gasteiger partial charge in [0.25, 0.3) is 0 Å². The van der Waals surface area contributed by atoms with Gasteiger partial charge in [0.1, 0.15) is 5.01 Å². The number of carboxylic acids is 1. The molecule has 0 radical (unpaired) electrons. The lowest BCUT2D eigenvalue weighted by Gasteiger charge is -2.02. The minimum Gasteiger partial charge on any atom is -0.481 e. The molecule has 0 aromatic carbocycles. The molecular formula is C11H17NO2S2. The van der Waals surface area contributed by atoms with Crippen LogP contribution in [0.5, 0.6) is 0 Å². The predicted molar refractivity (Wildman–Crippen MR) is 69.4 cm³/mol. The van der Waals surface area contributed by atoms with Crippen molar-refractivity contribution in [2.24, 2.45) is 0 Å². The van der Waals surface area contributed by atoms with Crippen molar-refractivity contribution in [3.8, 4) is 0 Å². The summed E-state index contributed by atoms with van der Waals surface area (Å²) in [6.07, 6.45) is 0.0992. The maximum Gasteiger partial charge on any atom is 0.308 e. The van der Waals surface area contributed by atoms with E-state index in [1.807, 2.05) is 11.8 Å². The van der Waals surface area contributed by atoms with Gasteiger partial charge in [0, 0.05) is 10.6 Å². The first kappa shape index (κ1) is 13.5. The highest BCUT2D eigenvalue weighted by atomic mass is 32.2. The molecule has 1 heterocycles. The van der Waals surface area contributed by atoms with Crippen LogP contribution in [0.4, 0.5) is 0 Å². The largest absolute Gasteiger partial charge is 0.481 e. The van der Waals surface area contributed by atoms with Gasteiger partial charge in [0.2, 0.25) is 0 Å². The highest BCUT2D eigenvalue weighted by Crippen LogP contribution is 2.27. The topological polar surface area (TPSA) is 50.2 Å². The van der Waals surface area contributed by atoms with Crippen LogP contribution in [-0.4, -0.2) is 21.8 Å². The van der Waals surface area contributed by atoms with Crippen molar-refractivity contribution < 1.29 is 9.90 Å². The van der Waals surface area contributed by atoms with Crippen LogP contribution in [0.3, 0.4) is 0 Å². The van der Waals surface area contributed by atoms with E-state index < -0.39 is 5.97 Å². The molecule has 0 amide bonds. The van der Waals surface area contributed by atoms with Crippen LogP contribution in [0.1, 0.15) is 42.3 Å². The van der Waals surface area contributed by atoms with Gasteiger partial charge in [-0.25, -0.2) is 4.98 Å². The Morgan fingerprint density at radius 3 is 2.75 bits per heavy atom. The number of carbonyl (C=O) groups is 1. The van der Waals surface area contributed by atoms with Gasteiger partial charge in [-0.15, -0.1) is 11.3 Å². The molecule has 0 saturated carbocycles. The first-order valence-electron chi connectivity index (χ1n) is 5.32. The molecule has 0 aliphatic heterocycles. The molecule has 3 nitrogen and oxygen atoms in total. The molecule has 1 aromatic heterocycles. The first-order valence-corrected chi connectivity index (χ1v) is 7.29. The van der Waals surface area contributed by atoms with Crippen molar-refractivity contribution in [1.82, 2.24) is 4.98 Å². The number of rotatable bonds is 6. The number of aromatic nitrogens is 1. The summed E-state index contributed by atoms with van der Waals surface area (Å²) < 4.78 is 0. The molecule has 0 spiro atoms. The Balaban J connectivity index is 2.86. The highest BCUT2D eigenvalue weighted by molar-refractivity contribution is 7.98. The summed E-state index contributed by atoms with van der Waals surface area (Å²) in [5, 5.41) is 9.88. The lowest BCUT2D eigenvalue weighted by molar-refractivity contribution is -0.136. The maximum atomic E-state index is 10.7. The molecule has 1 rings (SSSR count). The summed E-state index contributed by atoms with van der Waals surface area (Å²) in [4.78, 5) is 16.2. The molecule has 16 heavy (non-hydrogen) atoms. The Labute approximate surface area is 104 Å². The van der Waals surface area contributed by atoms with E-state index in [0.717, 1.165) is 27.1 Å². The Morgan fingerprint density at radius 1 is 1.56 bits per heavy atom.